The van der Waals surface area contributed by atoms with E-state index in [0.29, 0.717) is 0 Å². The van der Waals surface area contributed by atoms with Crippen LogP contribution in [0.2, 0.25) is 0 Å². The standard InChI is InChI=1S/C17H36N4.C2H6/c1-4-21(17-5-8-18-9-6-17)10-7-16(2)15-20-13-11-19(3)12-14-20;1-2/h16-18H,4-15H2,1-3H3;1-2H3. The fourth-order valence-corrected chi connectivity index (χ4v) is 3.72. The van der Waals surface area contributed by atoms with Crippen molar-refractivity contribution < 1.29 is 0 Å². The fourth-order valence-electron chi connectivity index (χ4n) is 3.72. The van der Waals surface area contributed by atoms with E-state index in [2.05, 4.69) is 40.9 Å². The van der Waals surface area contributed by atoms with Gasteiger partial charge in [-0.15, -0.1) is 0 Å². The van der Waals surface area contributed by atoms with E-state index >= 15 is 0 Å². The highest BCUT2D eigenvalue weighted by atomic mass is 15.2. The van der Waals surface area contributed by atoms with E-state index in [9.17, 15) is 0 Å². The molecule has 2 heterocycles. The predicted molar refractivity (Wildman–Crippen MR) is 102 cm³/mol. The summed E-state index contributed by atoms with van der Waals surface area (Å²) in [5, 5.41) is 3.48. The summed E-state index contributed by atoms with van der Waals surface area (Å²) in [6.45, 7) is 20.0. The lowest BCUT2D eigenvalue weighted by molar-refractivity contribution is 0.124. The summed E-state index contributed by atoms with van der Waals surface area (Å²) in [6.07, 6.45) is 4.02. The van der Waals surface area contributed by atoms with Crippen LogP contribution in [0.5, 0.6) is 0 Å². The molecule has 1 atom stereocenters. The number of rotatable bonds is 7. The number of likely N-dealkylation sites (N-methyl/N-ethyl adjacent to an activating group) is 1. The lowest BCUT2D eigenvalue weighted by Crippen LogP contribution is -2.46. The molecule has 0 saturated carbocycles. The molecular formula is C19H42N4. The van der Waals surface area contributed by atoms with Gasteiger partial charge in [0, 0.05) is 38.8 Å². The number of piperazine rings is 1. The molecule has 4 heteroatoms. The van der Waals surface area contributed by atoms with E-state index in [1.54, 1.807) is 0 Å². The van der Waals surface area contributed by atoms with Crippen molar-refractivity contribution in [2.45, 2.75) is 53.0 Å². The van der Waals surface area contributed by atoms with Gasteiger partial charge < -0.3 is 20.0 Å². The third-order valence-electron chi connectivity index (χ3n) is 5.31. The summed E-state index contributed by atoms with van der Waals surface area (Å²) >= 11 is 0. The molecule has 0 aromatic carbocycles. The summed E-state index contributed by atoms with van der Waals surface area (Å²) in [5.41, 5.74) is 0. The van der Waals surface area contributed by atoms with Crippen molar-refractivity contribution in [2.75, 3.05) is 66.0 Å². The molecule has 0 aliphatic carbocycles. The van der Waals surface area contributed by atoms with Crippen molar-refractivity contribution in [1.29, 1.82) is 0 Å². The van der Waals surface area contributed by atoms with Crippen LogP contribution in [0.4, 0.5) is 0 Å². The van der Waals surface area contributed by atoms with Crippen LogP contribution >= 0.6 is 0 Å². The number of nitrogens with one attached hydrogen (secondary N) is 1. The molecule has 138 valence electrons. The Bertz CT molecular complexity index is 271. The Balaban J connectivity index is 0.00000127. The number of hydrogen-bond acceptors (Lipinski definition) is 4. The molecule has 0 radical (unpaired) electrons. The number of piperidine rings is 1. The zero-order valence-electron chi connectivity index (χ0n) is 16.5. The van der Waals surface area contributed by atoms with Gasteiger partial charge in [0.25, 0.3) is 0 Å². The quantitative estimate of drug-likeness (QED) is 0.775. The first-order chi connectivity index (χ1) is 11.2. The van der Waals surface area contributed by atoms with Gasteiger partial charge in [0.2, 0.25) is 0 Å². The minimum absolute atomic E-state index is 0.823. The predicted octanol–water partition coefficient (Wildman–Crippen LogP) is 2.36. The summed E-state index contributed by atoms with van der Waals surface area (Å²) in [7, 11) is 2.24. The molecule has 2 aliphatic heterocycles. The Kier molecular flexibility index (Phi) is 11.1. The monoisotopic (exact) mass is 326 g/mol. The summed E-state index contributed by atoms with van der Waals surface area (Å²) in [5.74, 6) is 0.823. The highest BCUT2D eigenvalue weighted by Gasteiger charge is 2.21. The Morgan fingerprint density at radius 1 is 1.09 bits per heavy atom. The third-order valence-corrected chi connectivity index (χ3v) is 5.31. The van der Waals surface area contributed by atoms with Crippen LogP contribution < -0.4 is 5.32 Å². The Morgan fingerprint density at radius 2 is 1.70 bits per heavy atom. The smallest absolute Gasteiger partial charge is 0.0119 e. The van der Waals surface area contributed by atoms with Crippen LogP contribution in [0.3, 0.4) is 0 Å². The van der Waals surface area contributed by atoms with E-state index in [1.807, 2.05) is 13.8 Å². The van der Waals surface area contributed by atoms with Gasteiger partial charge >= 0.3 is 0 Å². The summed E-state index contributed by atoms with van der Waals surface area (Å²) in [6, 6.07) is 0.826. The molecule has 0 spiro atoms. The van der Waals surface area contributed by atoms with Crippen molar-refractivity contribution >= 4 is 0 Å². The van der Waals surface area contributed by atoms with Crippen molar-refractivity contribution in [3.63, 3.8) is 0 Å². The number of nitrogens with zero attached hydrogens (tertiary/aromatic N) is 3. The molecule has 2 fully saturated rings. The highest BCUT2D eigenvalue weighted by molar-refractivity contribution is 4.78. The second-order valence-electron chi connectivity index (χ2n) is 7.11. The molecule has 1 N–H and O–H groups in total. The largest absolute Gasteiger partial charge is 0.317 e. The van der Waals surface area contributed by atoms with Gasteiger partial charge in [-0.25, -0.2) is 0 Å². The van der Waals surface area contributed by atoms with Crippen LogP contribution in [-0.2, 0) is 0 Å². The van der Waals surface area contributed by atoms with Gasteiger partial charge in [-0.1, -0.05) is 27.7 Å². The zero-order chi connectivity index (χ0) is 17.1. The second kappa shape index (κ2) is 12.2. The first-order valence-corrected chi connectivity index (χ1v) is 10.0. The van der Waals surface area contributed by atoms with Gasteiger partial charge in [0.05, 0.1) is 0 Å². The molecule has 1 unspecified atom stereocenters. The van der Waals surface area contributed by atoms with E-state index in [1.165, 1.54) is 78.2 Å². The van der Waals surface area contributed by atoms with E-state index in [-0.39, 0.29) is 0 Å². The molecule has 23 heavy (non-hydrogen) atoms. The van der Waals surface area contributed by atoms with Crippen LogP contribution in [0.25, 0.3) is 0 Å². The molecule has 2 rings (SSSR count). The van der Waals surface area contributed by atoms with Crippen molar-refractivity contribution in [3.8, 4) is 0 Å². The minimum Gasteiger partial charge on any atom is -0.317 e. The molecule has 2 saturated heterocycles. The maximum atomic E-state index is 3.48. The maximum absolute atomic E-state index is 3.48. The third kappa shape index (κ3) is 7.97. The van der Waals surface area contributed by atoms with E-state index in [0.717, 1.165) is 12.0 Å². The average molecular weight is 327 g/mol. The van der Waals surface area contributed by atoms with Gasteiger partial charge in [-0.3, -0.25) is 0 Å². The van der Waals surface area contributed by atoms with Gasteiger partial charge in [-0.05, 0) is 58.4 Å². The first-order valence-electron chi connectivity index (χ1n) is 10.0. The van der Waals surface area contributed by atoms with Crippen LogP contribution in [0.1, 0.15) is 47.0 Å². The SMILES string of the molecule is CC.CCN(CCC(C)CN1CCN(C)CC1)C1CCNCC1. The van der Waals surface area contributed by atoms with Crippen molar-refractivity contribution in [3.05, 3.63) is 0 Å². The van der Waals surface area contributed by atoms with Crippen LogP contribution in [-0.4, -0.2) is 86.7 Å². The van der Waals surface area contributed by atoms with Crippen molar-refractivity contribution in [2.24, 2.45) is 5.92 Å². The Hall–Kier alpha value is -0.160. The van der Waals surface area contributed by atoms with Gasteiger partial charge in [-0.2, -0.15) is 0 Å². The van der Waals surface area contributed by atoms with Crippen LogP contribution in [0.15, 0.2) is 0 Å². The van der Waals surface area contributed by atoms with Crippen LogP contribution in [0, 0.1) is 5.92 Å². The zero-order valence-corrected chi connectivity index (χ0v) is 16.5. The molecule has 0 aromatic rings. The van der Waals surface area contributed by atoms with E-state index < -0.39 is 0 Å². The molecule has 2 aliphatic rings. The second-order valence-corrected chi connectivity index (χ2v) is 7.11. The van der Waals surface area contributed by atoms with Crippen molar-refractivity contribution in [1.82, 2.24) is 20.0 Å². The molecule has 0 aromatic heterocycles. The molecular weight excluding hydrogens is 284 g/mol. The van der Waals surface area contributed by atoms with Gasteiger partial charge in [0.1, 0.15) is 0 Å². The molecule has 4 nitrogen and oxygen atoms in total. The maximum Gasteiger partial charge on any atom is 0.0119 e. The molecule has 0 bridgehead atoms. The lowest BCUT2D eigenvalue weighted by Gasteiger charge is -2.36. The topological polar surface area (TPSA) is 21.8 Å². The highest BCUT2D eigenvalue weighted by Crippen LogP contribution is 2.15. The Morgan fingerprint density at radius 3 is 2.26 bits per heavy atom. The van der Waals surface area contributed by atoms with E-state index in [4.69, 9.17) is 0 Å². The number of hydrogen-bond donors (Lipinski definition) is 1. The van der Waals surface area contributed by atoms with Gasteiger partial charge in [0.15, 0.2) is 0 Å². The first kappa shape index (κ1) is 20.9. The average Bonchev–Trinajstić information content (AvgIpc) is 2.60. The molecule has 0 amide bonds. The Labute approximate surface area is 145 Å². The summed E-state index contributed by atoms with van der Waals surface area (Å²) < 4.78 is 0. The fraction of sp³-hybridized carbons (Fsp3) is 1.00. The lowest BCUT2D eigenvalue weighted by atomic mass is 10.0. The summed E-state index contributed by atoms with van der Waals surface area (Å²) in [4.78, 5) is 7.82. The minimum atomic E-state index is 0.823. The normalized spacial score (nSPS) is 22.7.